The van der Waals surface area contributed by atoms with Crippen LogP contribution in [0.15, 0.2) is 34.9 Å². The minimum absolute atomic E-state index is 0.122. The van der Waals surface area contributed by atoms with Crippen LogP contribution in [0, 0.1) is 0 Å². The average molecular weight is 351 g/mol. The molecule has 2 rings (SSSR count). The van der Waals surface area contributed by atoms with Gasteiger partial charge in [0.15, 0.2) is 0 Å². The van der Waals surface area contributed by atoms with Crippen molar-refractivity contribution in [3.05, 3.63) is 40.5 Å². The highest BCUT2D eigenvalue weighted by molar-refractivity contribution is 9.10. The Hall–Kier alpha value is -1.82. The molecule has 0 aliphatic heterocycles. The summed E-state index contributed by atoms with van der Waals surface area (Å²) in [7, 11) is 1.66. The topological polar surface area (TPSA) is 59.1 Å². The first-order chi connectivity index (χ1) is 10.1. The normalized spacial score (nSPS) is 11.8. The highest BCUT2D eigenvalue weighted by Gasteiger charge is 2.10. The van der Waals surface area contributed by atoms with E-state index in [-0.39, 0.29) is 6.04 Å². The number of hydrogen-bond donors (Lipinski definition) is 2. The van der Waals surface area contributed by atoms with Crippen LogP contribution >= 0.6 is 15.9 Å². The molecule has 0 saturated heterocycles. The van der Waals surface area contributed by atoms with Crippen molar-refractivity contribution < 1.29 is 4.74 Å². The zero-order valence-corrected chi connectivity index (χ0v) is 13.9. The van der Waals surface area contributed by atoms with Gasteiger partial charge in [-0.15, -0.1) is 0 Å². The molecule has 0 saturated carbocycles. The quantitative estimate of drug-likeness (QED) is 0.828. The molecule has 1 heterocycles. The predicted octanol–water partition coefficient (Wildman–Crippen LogP) is 3.85. The van der Waals surface area contributed by atoms with Crippen LogP contribution < -0.4 is 15.4 Å². The Kier molecular flexibility index (Phi) is 5.38. The summed E-state index contributed by atoms with van der Waals surface area (Å²) in [6.07, 6.45) is 1.74. The third-order valence-corrected chi connectivity index (χ3v) is 3.63. The fourth-order valence-corrected chi connectivity index (χ4v) is 2.20. The zero-order chi connectivity index (χ0) is 15.2. The second-order valence-electron chi connectivity index (χ2n) is 4.56. The summed E-state index contributed by atoms with van der Waals surface area (Å²) in [6, 6.07) is 8.10. The minimum Gasteiger partial charge on any atom is -0.497 e. The average Bonchev–Trinajstić information content (AvgIpc) is 2.51. The van der Waals surface area contributed by atoms with Crippen LogP contribution in [-0.4, -0.2) is 23.6 Å². The third kappa shape index (κ3) is 4.07. The van der Waals surface area contributed by atoms with Crippen molar-refractivity contribution in [3.63, 3.8) is 0 Å². The molecule has 1 aromatic heterocycles. The molecule has 0 aliphatic carbocycles. The van der Waals surface area contributed by atoms with Gasteiger partial charge in [-0.05, 0) is 47.5 Å². The second-order valence-corrected chi connectivity index (χ2v) is 5.41. The van der Waals surface area contributed by atoms with E-state index in [4.69, 9.17) is 4.74 Å². The molecule has 0 fully saturated rings. The van der Waals surface area contributed by atoms with Crippen LogP contribution in [0.3, 0.4) is 0 Å². The lowest BCUT2D eigenvalue weighted by atomic mass is 10.1. The van der Waals surface area contributed by atoms with Crippen LogP contribution in [0.4, 0.5) is 11.8 Å². The van der Waals surface area contributed by atoms with Gasteiger partial charge in [-0.3, -0.25) is 0 Å². The van der Waals surface area contributed by atoms with Crippen LogP contribution in [0.2, 0.25) is 0 Å². The van der Waals surface area contributed by atoms with Crippen LogP contribution in [0.5, 0.6) is 5.75 Å². The lowest BCUT2D eigenvalue weighted by molar-refractivity contribution is 0.414. The second kappa shape index (κ2) is 7.26. The van der Waals surface area contributed by atoms with Crippen LogP contribution in [0.25, 0.3) is 0 Å². The molecule has 6 heteroatoms. The number of nitrogens with zero attached hydrogens (tertiary/aromatic N) is 2. The smallest absolute Gasteiger partial charge is 0.224 e. The van der Waals surface area contributed by atoms with E-state index < -0.39 is 0 Å². The molecule has 5 nitrogen and oxygen atoms in total. The molecule has 0 spiro atoms. The fourth-order valence-electron chi connectivity index (χ4n) is 1.89. The Balaban J connectivity index is 2.14. The number of benzene rings is 1. The summed E-state index contributed by atoms with van der Waals surface area (Å²) in [5, 5.41) is 6.49. The van der Waals surface area contributed by atoms with E-state index in [9.17, 15) is 0 Å². The highest BCUT2D eigenvalue weighted by atomic mass is 79.9. The van der Waals surface area contributed by atoms with Crippen molar-refractivity contribution in [2.45, 2.75) is 19.9 Å². The zero-order valence-electron chi connectivity index (χ0n) is 12.4. The summed E-state index contributed by atoms with van der Waals surface area (Å²) in [4.78, 5) is 8.66. The summed E-state index contributed by atoms with van der Waals surface area (Å²) in [6.45, 7) is 4.89. The minimum atomic E-state index is 0.122. The molecule has 1 aromatic carbocycles. The molecule has 2 aromatic rings. The van der Waals surface area contributed by atoms with Gasteiger partial charge in [-0.1, -0.05) is 12.1 Å². The van der Waals surface area contributed by atoms with Gasteiger partial charge < -0.3 is 15.4 Å². The van der Waals surface area contributed by atoms with Gasteiger partial charge in [0, 0.05) is 18.8 Å². The molecule has 0 amide bonds. The summed E-state index contributed by atoms with van der Waals surface area (Å²) in [5.41, 5.74) is 1.16. The summed E-state index contributed by atoms with van der Waals surface area (Å²) >= 11 is 3.47. The Morgan fingerprint density at radius 2 is 2.00 bits per heavy atom. The molecule has 112 valence electrons. The number of hydrogen-bond acceptors (Lipinski definition) is 5. The van der Waals surface area contributed by atoms with E-state index in [0.29, 0.717) is 5.95 Å². The van der Waals surface area contributed by atoms with Gasteiger partial charge in [0.1, 0.15) is 11.6 Å². The van der Waals surface area contributed by atoms with Crippen LogP contribution in [-0.2, 0) is 0 Å². The molecular weight excluding hydrogens is 332 g/mol. The molecule has 0 aliphatic rings. The van der Waals surface area contributed by atoms with Crippen molar-refractivity contribution >= 4 is 27.7 Å². The predicted molar refractivity (Wildman–Crippen MR) is 88.9 cm³/mol. The fraction of sp³-hybridized carbons (Fsp3) is 0.333. The van der Waals surface area contributed by atoms with E-state index in [0.717, 1.165) is 28.1 Å². The first kappa shape index (κ1) is 15.6. The molecule has 1 atom stereocenters. The molecular formula is C15H19BrN4O. The number of nitrogens with one attached hydrogen (secondary N) is 2. The van der Waals surface area contributed by atoms with E-state index in [2.05, 4.69) is 43.5 Å². The molecule has 0 radical (unpaired) electrons. The van der Waals surface area contributed by atoms with Gasteiger partial charge >= 0.3 is 0 Å². The van der Waals surface area contributed by atoms with Gasteiger partial charge in [0.05, 0.1) is 11.6 Å². The van der Waals surface area contributed by atoms with Gasteiger partial charge in [0.25, 0.3) is 0 Å². The highest BCUT2D eigenvalue weighted by Crippen LogP contribution is 2.26. The first-order valence-electron chi connectivity index (χ1n) is 6.81. The molecule has 1 unspecified atom stereocenters. The lowest BCUT2D eigenvalue weighted by Gasteiger charge is -2.17. The van der Waals surface area contributed by atoms with E-state index in [1.165, 1.54) is 0 Å². The van der Waals surface area contributed by atoms with Crippen LogP contribution in [0.1, 0.15) is 25.5 Å². The van der Waals surface area contributed by atoms with Crippen molar-refractivity contribution in [2.75, 3.05) is 24.3 Å². The molecule has 2 N–H and O–H groups in total. The van der Waals surface area contributed by atoms with E-state index in [1.807, 2.05) is 31.2 Å². The van der Waals surface area contributed by atoms with Crippen molar-refractivity contribution in [3.8, 4) is 5.75 Å². The number of anilines is 2. The largest absolute Gasteiger partial charge is 0.497 e. The summed E-state index contributed by atoms with van der Waals surface area (Å²) < 4.78 is 6.01. The Morgan fingerprint density at radius 1 is 1.29 bits per heavy atom. The van der Waals surface area contributed by atoms with Crippen molar-refractivity contribution in [1.82, 2.24) is 9.97 Å². The number of rotatable bonds is 6. The van der Waals surface area contributed by atoms with Gasteiger partial charge in [-0.2, -0.15) is 4.98 Å². The SMILES string of the molecule is CCNc1ncc(Br)c(NC(C)c2ccc(OC)cc2)n1. The Morgan fingerprint density at radius 3 is 2.62 bits per heavy atom. The number of methoxy groups -OCH3 is 1. The van der Waals surface area contributed by atoms with Gasteiger partial charge in [0.2, 0.25) is 5.95 Å². The monoisotopic (exact) mass is 350 g/mol. The van der Waals surface area contributed by atoms with E-state index >= 15 is 0 Å². The van der Waals surface area contributed by atoms with Crippen molar-refractivity contribution in [2.24, 2.45) is 0 Å². The Labute approximate surface area is 133 Å². The first-order valence-corrected chi connectivity index (χ1v) is 7.60. The summed E-state index contributed by atoms with van der Waals surface area (Å²) in [5.74, 6) is 2.23. The maximum atomic E-state index is 5.17. The van der Waals surface area contributed by atoms with Crippen molar-refractivity contribution in [1.29, 1.82) is 0 Å². The lowest BCUT2D eigenvalue weighted by Crippen LogP contribution is -2.10. The standard InChI is InChI=1S/C15H19BrN4O/c1-4-17-15-18-9-13(16)14(20-15)19-10(2)11-5-7-12(21-3)8-6-11/h5-10H,4H2,1-3H3,(H2,17,18,19,20). The maximum Gasteiger partial charge on any atom is 0.224 e. The number of halogens is 1. The Bertz CT molecular complexity index is 589. The molecule has 21 heavy (non-hydrogen) atoms. The number of ether oxygens (including phenoxy) is 1. The van der Waals surface area contributed by atoms with Gasteiger partial charge in [-0.25, -0.2) is 4.98 Å². The number of aromatic nitrogens is 2. The van der Waals surface area contributed by atoms with E-state index in [1.54, 1.807) is 13.3 Å². The maximum absolute atomic E-state index is 5.17. The third-order valence-electron chi connectivity index (χ3n) is 3.05. The molecule has 0 bridgehead atoms.